The third kappa shape index (κ3) is 1.05. The van der Waals surface area contributed by atoms with Crippen LogP contribution in [-0.2, 0) is 13.0 Å². The lowest BCUT2D eigenvalue weighted by Crippen LogP contribution is -2.21. The first-order valence-electron chi connectivity index (χ1n) is 3.28. The van der Waals surface area contributed by atoms with Crippen LogP contribution in [0.2, 0.25) is 0 Å². The fourth-order valence-corrected chi connectivity index (χ4v) is 1.76. The van der Waals surface area contributed by atoms with Crippen molar-refractivity contribution < 1.29 is 0 Å². The zero-order valence-electron chi connectivity index (χ0n) is 5.47. The average molecular weight is 249 g/mol. The Morgan fingerprint density at radius 1 is 1.70 bits per heavy atom. The molecule has 3 nitrogen and oxygen atoms in total. The topological polar surface area (TPSA) is 31.9 Å². The van der Waals surface area contributed by atoms with Crippen LogP contribution in [0.4, 0.5) is 0 Å². The Hall–Kier alpha value is -0.100. The summed E-state index contributed by atoms with van der Waals surface area (Å²) in [5, 5.41) is 0. The van der Waals surface area contributed by atoms with Gasteiger partial charge in [-0.15, -0.1) is 0 Å². The Labute approximate surface area is 73.3 Å². The van der Waals surface area contributed by atoms with Crippen molar-refractivity contribution in [3.63, 3.8) is 0 Å². The first-order chi connectivity index (χ1) is 4.86. The molecule has 0 bridgehead atoms. The lowest BCUT2D eigenvalue weighted by atomic mass is 10.2. The number of hydrogen-bond donors (Lipinski definition) is 1. The van der Waals surface area contributed by atoms with Crippen molar-refractivity contribution >= 4 is 22.9 Å². The van der Waals surface area contributed by atoms with Gasteiger partial charge in [0.1, 0.15) is 0 Å². The van der Waals surface area contributed by atoms with Gasteiger partial charge in [0.05, 0.1) is 24.3 Å². The largest absolute Gasteiger partial charge is 0.347 e. The van der Waals surface area contributed by atoms with E-state index in [1.54, 1.807) is 6.33 Å². The minimum absolute atomic E-state index is 1.01. The predicted octanol–water partition coefficient (Wildman–Crippen LogP) is 1.12. The van der Waals surface area contributed by atoms with Crippen molar-refractivity contribution in [3.8, 4) is 0 Å². The van der Waals surface area contributed by atoms with Crippen molar-refractivity contribution in [2.75, 3.05) is 6.54 Å². The molecule has 1 N–H and O–H groups in total. The minimum Gasteiger partial charge on any atom is -0.347 e. The van der Waals surface area contributed by atoms with Crippen molar-refractivity contribution in [3.05, 3.63) is 17.7 Å². The van der Waals surface area contributed by atoms with E-state index in [-0.39, 0.29) is 0 Å². The van der Waals surface area contributed by atoms with Crippen LogP contribution in [0, 0.1) is 0 Å². The molecule has 2 rings (SSSR count). The molecule has 0 aromatic carbocycles. The van der Waals surface area contributed by atoms with Gasteiger partial charge in [0.2, 0.25) is 0 Å². The molecular weight excluding hydrogens is 241 g/mol. The second-order valence-corrected chi connectivity index (χ2v) is 3.79. The third-order valence-electron chi connectivity index (χ3n) is 1.73. The van der Waals surface area contributed by atoms with Crippen molar-refractivity contribution in [2.24, 2.45) is 0 Å². The van der Waals surface area contributed by atoms with Crippen LogP contribution in [0.15, 0.2) is 6.33 Å². The zero-order chi connectivity index (χ0) is 6.97. The molecule has 0 amide bonds. The van der Waals surface area contributed by atoms with Crippen molar-refractivity contribution in [1.29, 1.82) is 0 Å². The molecule has 0 aliphatic carbocycles. The summed E-state index contributed by atoms with van der Waals surface area (Å²) in [5.41, 5.74) is 2.52. The van der Waals surface area contributed by atoms with E-state index < -0.39 is 0 Å². The monoisotopic (exact) mass is 249 g/mol. The van der Waals surface area contributed by atoms with E-state index in [2.05, 4.69) is 35.9 Å². The smallest absolute Gasteiger partial charge is 0.0925 e. The molecule has 1 aliphatic heterocycles. The lowest BCUT2D eigenvalue weighted by molar-refractivity contribution is 0.471. The Morgan fingerprint density at radius 2 is 2.60 bits per heavy atom. The van der Waals surface area contributed by atoms with Crippen LogP contribution in [0.1, 0.15) is 11.4 Å². The molecule has 10 heavy (non-hydrogen) atoms. The maximum Gasteiger partial charge on any atom is 0.0925 e. The molecule has 0 saturated heterocycles. The highest BCUT2D eigenvalue weighted by molar-refractivity contribution is 14.1. The molecule has 0 atom stereocenters. The van der Waals surface area contributed by atoms with Crippen LogP contribution >= 0.6 is 22.9 Å². The molecule has 0 saturated carbocycles. The summed E-state index contributed by atoms with van der Waals surface area (Å²) in [6.45, 7) is 2.13. The number of H-pyrrole nitrogens is 1. The molecule has 0 spiro atoms. The number of nitrogens with one attached hydrogen (secondary N) is 1. The Balaban J connectivity index is 2.30. The van der Waals surface area contributed by atoms with Gasteiger partial charge in [-0.05, 0) is 0 Å². The summed E-state index contributed by atoms with van der Waals surface area (Å²) >= 11 is 2.34. The Bertz CT molecular complexity index is 233. The normalized spacial score (nSPS) is 18.9. The average Bonchev–Trinajstić information content (AvgIpc) is 2.33. The van der Waals surface area contributed by atoms with Crippen LogP contribution in [-0.4, -0.2) is 19.6 Å². The molecule has 1 aromatic heterocycles. The maximum absolute atomic E-state index is 4.21. The van der Waals surface area contributed by atoms with E-state index in [0.717, 1.165) is 19.5 Å². The molecule has 4 heteroatoms. The number of aromatic nitrogens is 2. The second-order valence-electron chi connectivity index (χ2n) is 2.42. The van der Waals surface area contributed by atoms with E-state index in [0.29, 0.717) is 0 Å². The van der Waals surface area contributed by atoms with E-state index in [9.17, 15) is 0 Å². The standard InChI is InChI=1S/C6H8IN3/c7-10-2-1-5-6(3-10)9-4-8-5/h4H,1-3H2,(H,8,9). The Kier molecular flexibility index (Phi) is 1.65. The molecule has 1 aliphatic rings. The second kappa shape index (κ2) is 2.50. The summed E-state index contributed by atoms with van der Waals surface area (Å²) < 4.78 is 2.26. The lowest BCUT2D eigenvalue weighted by Gasteiger charge is -2.18. The fourth-order valence-electron chi connectivity index (χ4n) is 1.18. The van der Waals surface area contributed by atoms with Crippen LogP contribution < -0.4 is 0 Å². The molecule has 2 heterocycles. The van der Waals surface area contributed by atoms with E-state index in [4.69, 9.17) is 0 Å². The summed E-state index contributed by atoms with van der Waals surface area (Å²) in [5.74, 6) is 0. The highest BCUT2D eigenvalue weighted by Gasteiger charge is 2.15. The summed E-state index contributed by atoms with van der Waals surface area (Å²) in [6, 6.07) is 0. The highest BCUT2D eigenvalue weighted by atomic mass is 127. The van der Waals surface area contributed by atoms with Gasteiger partial charge in [0.15, 0.2) is 0 Å². The first kappa shape index (κ1) is 6.60. The van der Waals surface area contributed by atoms with E-state index >= 15 is 0 Å². The first-order valence-corrected chi connectivity index (χ1v) is 4.24. The zero-order valence-corrected chi connectivity index (χ0v) is 7.63. The van der Waals surface area contributed by atoms with Gasteiger partial charge in [0.25, 0.3) is 0 Å². The predicted molar refractivity (Wildman–Crippen MR) is 46.7 cm³/mol. The summed E-state index contributed by atoms with van der Waals surface area (Å²) in [7, 11) is 0. The van der Waals surface area contributed by atoms with Crippen LogP contribution in [0.25, 0.3) is 0 Å². The van der Waals surface area contributed by atoms with E-state index in [1.165, 1.54) is 11.4 Å². The highest BCUT2D eigenvalue weighted by Crippen LogP contribution is 2.16. The van der Waals surface area contributed by atoms with Gasteiger partial charge in [0, 0.05) is 35.8 Å². The van der Waals surface area contributed by atoms with Gasteiger partial charge in [-0.25, -0.2) is 8.10 Å². The minimum atomic E-state index is 1.01. The number of imidazole rings is 1. The van der Waals surface area contributed by atoms with Gasteiger partial charge in [-0.3, -0.25) is 0 Å². The molecule has 54 valence electrons. The number of fused-ring (bicyclic) bond motifs is 1. The number of rotatable bonds is 0. The number of aromatic amines is 1. The molecule has 1 aromatic rings. The number of nitrogens with zero attached hydrogens (tertiary/aromatic N) is 2. The maximum atomic E-state index is 4.21. The number of halogens is 1. The van der Waals surface area contributed by atoms with Crippen LogP contribution in [0.3, 0.4) is 0 Å². The molecule has 0 radical (unpaired) electrons. The van der Waals surface area contributed by atoms with Crippen LogP contribution in [0.5, 0.6) is 0 Å². The SMILES string of the molecule is IN1CCc2nc[nH]c2C1. The summed E-state index contributed by atoms with van der Waals surface area (Å²) in [6.07, 6.45) is 2.86. The molecule has 0 fully saturated rings. The van der Waals surface area contributed by atoms with Gasteiger partial charge < -0.3 is 4.98 Å². The van der Waals surface area contributed by atoms with Crippen molar-refractivity contribution in [2.45, 2.75) is 13.0 Å². The van der Waals surface area contributed by atoms with Gasteiger partial charge in [-0.2, -0.15) is 0 Å². The fraction of sp³-hybridized carbons (Fsp3) is 0.500. The van der Waals surface area contributed by atoms with Gasteiger partial charge in [-0.1, -0.05) is 0 Å². The summed E-state index contributed by atoms with van der Waals surface area (Å²) in [4.78, 5) is 7.34. The van der Waals surface area contributed by atoms with Crippen molar-refractivity contribution in [1.82, 2.24) is 13.1 Å². The third-order valence-corrected chi connectivity index (χ3v) is 2.55. The number of hydrogen-bond acceptors (Lipinski definition) is 2. The van der Waals surface area contributed by atoms with Gasteiger partial charge >= 0.3 is 0 Å². The quantitative estimate of drug-likeness (QED) is 0.552. The molecule has 0 unspecified atom stereocenters. The Morgan fingerprint density at radius 3 is 3.50 bits per heavy atom. The van der Waals surface area contributed by atoms with E-state index in [1.807, 2.05) is 0 Å². The molecular formula is C6H8IN3.